The third kappa shape index (κ3) is 3.75. The number of hydrogen-bond donors (Lipinski definition) is 2. The van der Waals surface area contributed by atoms with Crippen molar-refractivity contribution in [2.75, 3.05) is 12.0 Å². The fraction of sp³-hybridized carbons (Fsp3) is 0.552. The van der Waals surface area contributed by atoms with E-state index in [4.69, 9.17) is 9.72 Å². The van der Waals surface area contributed by atoms with Crippen LogP contribution in [0.2, 0.25) is 0 Å². The molecule has 1 spiro atoms. The quantitative estimate of drug-likeness (QED) is 0.630. The van der Waals surface area contributed by atoms with Crippen LogP contribution in [0, 0.1) is 12.3 Å². The highest BCUT2D eigenvalue weighted by molar-refractivity contribution is 5.96. The molecule has 7 heteroatoms. The first-order chi connectivity index (χ1) is 17.5. The number of pyridine rings is 1. The number of ether oxygens (including phenoxy) is 1. The molecule has 0 bridgehead atoms. The molecule has 6 rings (SSSR count). The highest BCUT2D eigenvalue weighted by Crippen LogP contribution is 2.65. The number of nitrogens with one attached hydrogen (secondary N) is 2. The summed E-state index contributed by atoms with van der Waals surface area (Å²) in [4.78, 5) is 33.0. The Hall–Kier alpha value is -3.09. The number of rotatable bonds is 6. The number of hydrogen-bond acceptors (Lipinski definition) is 5. The molecule has 2 amide bonds. The van der Waals surface area contributed by atoms with Crippen LogP contribution in [0.15, 0.2) is 36.5 Å². The predicted octanol–water partition coefficient (Wildman–Crippen LogP) is 4.39. The van der Waals surface area contributed by atoms with Crippen molar-refractivity contribution in [3.8, 4) is 5.75 Å². The van der Waals surface area contributed by atoms with Crippen LogP contribution in [0.1, 0.15) is 84.1 Å². The van der Waals surface area contributed by atoms with Crippen molar-refractivity contribution in [2.24, 2.45) is 5.41 Å². The number of anilines is 1. The molecule has 1 aromatic heterocycles. The van der Waals surface area contributed by atoms with Crippen molar-refractivity contribution in [3.05, 3.63) is 53.2 Å². The lowest BCUT2D eigenvalue weighted by Crippen LogP contribution is -2.75. The second-order valence-electron chi connectivity index (χ2n) is 11.2. The van der Waals surface area contributed by atoms with Gasteiger partial charge in [-0.05, 0) is 69.7 Å². The van der Waals surface area contributed by atoms with Crippen LogP contribution >= 0.6 is 0 Å². The Kier molecular flexibility index (Phi) is 5.89. The van der Waals surface area contributed by atoms with Gasteiger partial charge < -0.3 is 20.3 Å². The van der Waals surface area contributed by atoms with Crippen molar-refractivity contribution in [2.45, 2.75) is 88.9 Å². The fourth-order valence-electron chi connectivity index (χ4n) is 7.36. The average molecular weight is 489 g/mol. The van der Waals surface area contributed by atoms with Gasteiger partial charge in [-0.15, -0.1) is 0 Å². The predicted molar refractivity (Wildman–Crippen MR) is 139 cm³/mol. The van der Waals surface area contributed by atoms with Gasteiger partial charge in [0.2, 0.25) is 0 Å². The lowest BCUT2D eigenvalue weighted by Gasteiger charge is -2.68. The molecule has 1 aromatic carbocycles. The minimum Gasteiger partial charge on any atom is -0.496 e. The van der Waals surface area contributed by atoms with Crippen molar-refractivity contribution in [1.82, 2.24) is 15.6 Å². The lowest BCUT2D eigenvalue weighted by atomic mass is 9.53. The summed E-state index contributed by atoms with van der Waals surface area (Å²) in [5, 5.41) is 6.49. The second kappa shape index (κ2) is 9.09. The third-order valence-electron chi connectivity index (χ3n) is 9.32. The van der Waals surface area contributed by atoms with Gasteiger partial charge in [0.1, 0.15) is 11.6 Å². The molecule has 190 valence electrons. The zero-order valence-corrected chi connectivity index (χ0v) is 21.3. The van der Waals surface area contributed by atoms with Gasteiger partial charge in [-0.25, -0.2) is 4.98 Å². The van der Waals surface area contributed by atoms with Crippen LogP contribution in [0.25, 0.3) is 0 Å². The Morgan fingerprint density at radius 1 is 1.00 bits per heavy atom. The molecule has 4 fully saturated rings. The molecule has 4 aliphatic rings. The molecule has 7 nitrogen and oxygen atoms in total. The van der Waals surface area contributed by atoms with Crippen LogP contribution in [0.4, 0.5) is 5.82 Å². The van der Waals surface area contributed by atoms with Gasteiger partial charge in [0.25, 0.3) is 11.8 Å². The van der Waals surface area contributed by atoms with E-state index in [0.717, 1.165) is 49.2 Å². The van der Waals surface area contributed by atoms with Gasteiger partial charge in [-0.1, -0.05) is 25.3 Å². The molecule has 1 saturated heterocycles. The zero-order chi connectivity index (χ0) is 24.9. The first-order valence-electron chi connectivity index (χ1n) is 13.5. The molecule has 1 aliphatic heterocycles. The number of methoxy groups -OCH3 is 1. The summed E-state index contributed by atoms with van der Waals surface area (Å²) in [6.07, 6.45) is 11.9. The Morgan fingerprint density at radius 2 is 1.81 bits per heavy atom. The van der Waals surface area contributed by atoms with E-state index >= 15 is 0 Å². The number of carbonyl (C=O) groups is 2. The maximum Gasteiger partial charge on any atom is 0.253 e. The standard InChI is InChI=1S/C29H36N4O3/c1-18-22(9-6-10-23(18)36-2)28(35)32-21-15-25-29(16-21)14-13-24(29)33(25)26-12-11-19(17-30-26)27(34)31-20-7-4-3-5-8-20/h6,9-12,17,20-21,24-25H,3-5,7-8,13-16H2,1-2H3,(H,31,34)(H,32,35)/t21?,24?,25?,29-/m1/s1. The molecule has 3 unspecified atom stereocenters. The number of nitrogens with zero attached hydrogens (tertiary/aromatic N) is 2. The smallest absolute Gasteiger partial charge is 0.253 e. The van der Waals surface area contributed by atoms with E-state index in [1.54, 1.807) is 13.3 Å². The normalized spacial score (nSPS) is 28.8. The molecule has 2 N–H and O–H groups in total. The molecule has 2 heterocycles. The molecule has 36 heavy (non-hydrogen) atoms. The van der Waals surface area contributed by atoms with E-state index in [9.17, 15) is 9.59 Å². The van der Waals surface area contributed by atoms with E-state index in [1.165, 1.54) is 25.7 Å². The van der Waals surface area contributed by atoms with Crippen molar-refractivity contribution in [3.63, 3.8) is 0 Å². The Bertz CT molecular complexity index is 1160. The van der Waals surface area contributed by atoms with Crippen molar-refractivity contribution >= 4 is 17.6 Å². The zero-order valence-electron chi connectivity index (χ0n) is 21.3. The first-order valence-corrected chi connectivity index (χ1v) is 13.5. The minimum atomic E-state index is -0.0250. The van der Waals surface area contributed by atoms with Crippen LogP contribution in [0.5, 0.6) is 5.75 Å². The Morgan fingerprint density at radius 3 is 2.50 bits per heavy atom. The third-order valence-corrected chi connectivity index (χ3v) is 9.32. The molecular weight excluding hydrogens is 452 g/mol. The maximum atomic E-state index is 13.1. The van der Waals surface area contributed by atoms with E-state index in [-0.39, 0.29) is 17.9 Å². The van der Waals surface area contributed by atoms with Crippen molar-refractivity contribution in [1.29, 1.82) is 0 Å². The highest BCUT2D eigenvalue weighted by Gasteiger charge is 2.69. The van der Waals surface area contributed by atoms with E-state index in [0.29, 0.717) is 34.7 Å². The van der Waals surface area contributed by atoms with Gasteiger partial charge in [-0.3, -0.25) is 9.59 Å². The van der Waals surface area contributed by atoms with Crippen LogP contribution < -0.4 is 20.3 Å². The molecule has 3 aliphatic carbocycles. The summed E-state index contributed by atoms with van der Waals surface area (Å²) in [5.41, 5.74) is 2.48. The fourth-order valence-corrected chi connectivity index (χ4v) is 7.36. The van der Waals surface area contributed by atoms with Gasteiger partial charge in [-0.2, -0.15) is 0 Å². The summed E-state index contributed by atoms with van der Waals surface area (Å²) in [7, 11) is 1.63. The number of benzene rings is 1. The summed E-state index contributed by atoms with van der Waals surface area (Å²) in [6.45, 7) is 1.93. The van der Waals surface area contributed by atoms with E-state index in [2.05, 4.69) is 15.5 Å². The topological polar surface area (TPSA) is 83.6 Å². The molecule has 2 aromatic rings. The van der Waals surface area contributed by atoms with Gasteiger partial charge in [0.05, 0.1) is 12.7 Å². The van der Waals surface area contributed by atoms with E-state index < -0.39 is 0 Å². The Balaban J connectivity index is 1.11. The van der Waals surface area contributed by atoms with Crippen LogP contribution in [-0.2, 0) is 0 Å². The summed E-state index contributed by atoms with van der Waals surface area (Å²) >= 11 is 0. The first kappa shape index (κ1) is 23.3. The highest BCUT2D eigenvalue weighted by atomic mass is 16.5. The lowest BCUT2D eigenvalue weighted by molar-refractivity contribution is -0.0172. The molecule has 0 radical (unpaired) electrons. The van der Waals surface area contributed by atoms with Crippen LogP contribution in [0.3, 0.4) is 0 Å². The summed E-state index contributed by atoms with van der Waals surface area (Å²) in [5.74, 6) is 1.65. The number of amides is 2. The monoisotopic (exact) mass is 488 g/mol. The van der Waals surface area contributed by atoms with Gasteiger partial charge in [0, 0.05) is 46.9 Å². The number of piperidine rings is 1. The second-order valence-corrected chi connectivity index (χ2v) is 11.2. The summed E-state index contributed by atoms with van der Waals surface area (Å²) < 4.78 is 5.39. The van der Waals surface area contributed by atoms with Crippen LogP contribution in [-0.4, -0.2) is 48.1 Å². The van der Waals surface area contributed by atoms with Gasteiger partial charge in [0.15, 0.2) is 0 Å². The summed E-state index contributed by atoms with van der Waals surface area (Å²) in [6, 6.07) is 10.9. The number of aromatic nitrogens is 1. The van der Waals surface area contributed by atoms with E-state index in [1.807, 2.05) is 37.3 Å². The molecule has 3 saturated carbocycles. The maximum absolute atomic E-state index is 13.1. The average Bonchev–Trinajstić information content (AvgIpc) is 3.25. The molecule has 4 atom stereocenters. The van der Waals surface area contributed by atoms with Gasteiger partial charge >= 0.3 is 0 Å². The SMILES string of the molecule is COc1cccc(C(=O)NC2CC3N(c4ccc(C(=O)NC5CCCCC5)cn4)C4CC[C@@]43C2)c1C. The Labute approximate surface area is 213 Å². The largest absolute Gasteiger partial charge is 0.496 e. The van der Waals surface area contributed by atoms with Crippen molar-refractivity contribution < 1.29 is 14.3 Å². The molecular formula is C29H36N4O3. The number of carbonyl (C=O) groups excluding carboxylic acids is 2. The minimum absolute atomic E-state index is 0.0148.